The summed E-state index contributed by atoms with van der Waals surface area (Å²) in [4.78, 5) is 14.3. The van der Waals surface area contributed by atoms with Gasteiger partial charge in [-0.3, -0.25) is 0 Å². The minimum atomic E-state index is 0.398. The van der Waals surface area contributed by atoms with Crippen LogP contribution in [0.5, 0.6) is 0 Å². The fraction of sp³-hybridized carbons (Fsp3) is 0.391. The Labute approximate surface area is 182 Å². The van der Waals surface area contributed by atoms with E-state index < -0.39 is 0 Å². The van der Waals surface area contributed by atoms with Crippen molar-refractivity contribution < 1.29 is 0 Å². The van der Waals surface area contributed by atoms with E-state index in [-0.39, 0.29) is 0 Å². The molecule has 0 spiro atoms. The Morgan fingerprint density at radius 3 is 2.48 bits per heavy atom. The molecule has 1 saturated carbocycles. The van der Waals surface area contributed by atoms with Crippen molar-refractivity contribution in [2.24, 2.45) is 0 Å². The summed E-state index contributed by atoms with van der Waals surface area (Å²) in [5.41, 5.74) is 1.96. The molecule has 4 rings (SSSR count). The van der Waals surface area contributed by atoms with Crippen molar-refractivity contribution >= 4 is 45.9 Å². The summed E-state index contributed by atoms with van der Waals surface area (Å²) < 4.78 is 0. The third-order valence-electron chi connectivity index (χ3n) is 5.62. The van der Waals surface area contributed by atoms with Crippen LogP contribution in [0.25, 0.3) is 10.9 Å². The molecule has 0 unspecified atom stereocenters. The van der Waals surface area contributed by atoms with E-state index in [0.717, 1.165) is 46.1 Å². The Morgan fingerprint density at radius 1 is 0.966 bits per heavy atom. The van der Waals surface area contributed by atoms with Crippen LogP contribution >= 0.6 is 23.2 Å². The number of rotatable bonds is 5. The molecular formula is C23H26Cl2N4. The number of para-hydroxylation sites is 1. The zero-order valence-corrected chi connectivity index (χ0v) is 18.4. The first-order chi connectivity index (χ1) is 14.0. The standard InChI is InChI=1S/C23H26Cl2N4/c1-28(2)22-19-10-6-7-11-21(19)26-23(27-22)29(18-8-4-3-5-9-18)15-16-14-17(24)12-13-20(16)25/h6-7,10-14,18H,3-5,8-9,15H2,1-2H3. The summed E-state index contributed by atoms with van der Waals surface area (Å²) in [5.74, 6) is 1.69. The molecule has 1 heterocycles. The molecule has 0 saturated heterocycles. The summed E-state index contributed by atoms with van der Waals surface area (Å²) in [5, 5.41) is 2.48. The lowest BCUT2D eigenvalue weighted by atomic mass is 9.94. The number of benzene rings is 2. The van der Waals surface area contributed by atoms with Crippen LogP contribution in [0.15, 0.2) is 42.5 Å². The molecule has 1 aliphatic rings. The molecular weight excluding hydrogens is 403 g/mol. The molecule has 6 heteroatoms. The first kappa shape index (κ1) is 20.2. The molecule has 4 nitrogen and oxygen atoms in total. The van der Waals surface area contributed by atoms with Crippen LogP contribution in [0.4, 0.5) is 11.8 Å². The number of hydrogen-bond donors (Lipinski definition) is 0. The lowest BCUT2D eigenvalue weighted by Crippen LogP contribution is -2.38. The van der Waals surface area contributed by atoms with Gasteiger partial charge in [-0.15, -0.1) is 0 Å². The summed E-state index contributed by atoms with van der Waals surface area (Å²) in [6, 6.07) is 14.2. The average Bonchev–Trinajstić information content (AvgIpc) is 2.74. The lowest BCUT2D eigenvalue weighted by molar-refractivity contribution is 0.409. The third kappa shape index (κ3) is 4.44. The Balaban J connectivity index is 1.81. The number of anilines is 2. The molecule has 152 valence electrons. The second-order valence-corrected chi connectivity index (χ2v) is 8.76. The lowest BCUT2D eigenvalue weighted by Gasteiger charge is -2.35. The van der Waals surface area contributed by atoms with Gasteiger partial charge in [-0.1, -0.05) is 54.6 Å². The fourth-order valence-corrected chi connectivity index (χ4v) is 4.49. The predicted molar refractivity (Wildman–Crippen MR) is 123 cm³/mol. The van der Waals surface area contributed by atoms with Gasteiger partial charge in [0, 0.05) is 42.1 Å². The highest BCUT2D eigenvalue weighted by atomic mass is 35.5. The molecule has 1 fully saturated rings. The van der Waals surface area contributed by atoms with E-state index in [0.29, 0.717) is 17.6 Å². The maximum atomic E-state index is 6.51. The van der Waals surface area contributed by atoms with E-state index in [1.54, 1.807) is 0 Å². The molecule has 1 aliphatic carbocycles. The topological polar surface area (TPSA) is 32.3 Å². The van der Waals surface area contributed by atoms with E-state index in [1.807, 2.05) is 44.4 Å². The van der Waals surface area contributed by atoms with Gasteiger partial charge in [0.1, 0.15) is 5.82 Å². The Morgan fingerprint density at radius 2 is 1.72 bits per heavy atom. The van der Waals surface area contributed by atoms with Crippen molar-refractivity contribution in [3.8, 4) is 0 Å². The number of fused-ring (bicyclic) bond motifs is 1. The van der Waals surface area contributed by atoms with Gasteiger partial charge in [0.15, 0.2) is 0 Å². The molecule has 0 radical (unpaired) electrons. The zero-order chi connectivity index (χ0) is 20.4. The van der Waals surface area contributed by atoms with Crippen LogP contribution in [0.3, 0.4) is 0 Å². The van der Waals surface area contributed by atoms with E-state index in [1.165, 1.54) is 19.3 Å². The number of nitrogens with zero attached hydrogens (tertiary/aromatic N) is 4. The molecule has 0 bridgehead atoms. The third-order valence-corrected chi connectivity index (χ3v) is 6.22. The number of aromatic nitrogens is 2. The summed E-state index contributed by atoms with van der Waals surface area (Å²) in [7, 11) is 4.05. The molecule has 3 aromatic rings. The largest absolute Gasteiger partial charge is 0.362 e. The zero-order valence-electron chi connectivity index (χ0n) is 16.9. The quantitative estimate of drug-likeness (QED) is 0.474. The van der Waals surface area contributed by atoms with Crippen LogP contribution in [-0.4, -0.2) is 30.1 Å². The summed E-state index contributed by atoms with van der Waals surface area (Å²) in [6.45, 7) is 0.648. The van der Waals surface area contributed by atoms with Crippen LogP contribution in [-0.2, 0) is 6.54 Å². The molecule has 1 aromatic heterocycles. The van der Waals surface area contributed by atoms with Gasteiger partial charge in [-0.2, -0.15) is 4.98 Å². The van der Waals surface area contributed by atoms with Crippen molar-refractivity contribution in [3.63, 3.8) is 0 Å². The SMILES string of the molecule is CN(C)c1nc(N(Cc2cc(Cl)ccc2Cl)C2CCCCC2)nc2ccccc12. The van der Waals surface area contributed by atoms with Crippen LogP contribution < -0.4 is 9.80 Å². The Bertz CT molecular complexity index is 999. The Kier molecular flexibility index (Phi) is 6.12. The highest BCUT2D eigenvalue weighted by molar-refractivity contribution is 6.33. The molecule has 2 aromatic carbocycles. The average molecular weight is 429 g/mol. The van der Waals surface area contributed by atoms with Crippen LogP contribution in [0.1, 0.15) is 37.7 Å². The second kappa shape index (κ2) is 8.76. The van der Waals surface area contributed by atoms with E-state index in [2.05, 4.69) is 21.9 Å². The van der Waals surface area contributed by atoms with Crippen molar-refractivity contribution in [1.82, 2.24) is 9.97 Å². The molecule has 0 aliphatic heterocycles. The summed E-state index contributed by atoms with van der Waals surface area (Å²) in [6.07, 6.45) is 6.05. The van der Waals surface area contributed by atoms with Gasteiger partial charge in [0.05, 0.1) is 5.52 Å². The van der Waals surface area contributed by atoms with Gasteiger partial charge in [-0.25, -0.2) is 4.98 Å². The number of hydrogen-bond acceptors (Lipinski definition) is 4. The van der Waals surface area contributed by atoms with Gasteiger partial charge >= 0.3 is 0 Å². The maximum Gasteiger partial charge on any atom is 0.228 e. The van der Waals surface area contributed by atoms with Crippen LogP contribution in [0, 0.1) is 0 Å². The Hall–Kier alpha value is -2.04. The molecule has 0 atom stereocenters. The van der Waals surface area contributed by atoms with Crippen molar-refractivity contribution in [1.29, 1.82) is 0 Å². The van der Waals surface area contributed by atoms with Crippen molar-refractivity contribution in [2.75, 3.05) is 23.9 Å². The van der Waals surface area contributed by atoms with Gasteiger partial charge in [-0.05, 0) is 48.7 Å². The predicted octanol–water partition coefficient (Wildman–Crippen LogP) is 6.34. The summed E-state index contributed by atoms with van der Waals surface area (Å²) >= 11 is 12.8. The fourth-order valence-electron chi connectivity index (χ4n) is 4.12. The van der Waals surface area contributed by atoms with Gasteiger partial charge in [0.2, 0.25) is 5.95 Å². The first-order valence-corrected chi connectivity index (χ1v) is 10.9. The van der Waals surface area contributed by atoms with Crippen LogP contribution in [0.2, 0.25) is 10.0 Å². The maximum absolute atomic E-state index is 6.51. The van der Waals surface area contributed by atoms with E-state index in [9.17, 15) is 0 Å². The second-order valence-electron chi connectivity index (χ2n) is 7.91. The minimum Gasteiger partial charge on any atom is -0.362 e. The van der Waals surface area contributed by atoms with Gasteiger partial charge in [0.25, 0.3) is 0 Å². The first-order valence-electron chi connectivity index (χ1n) is 10.2. The van der Waals surface area contributed by atoms with E-state index in [4.69, 9.17) is 33.2 Å². The molecule has 0 N–H and O–H groups in total. The minimum absolute atomic E-state index is 0.398. The van der Waals surface area contributed by atoms with Crippen molar-refractivity contribution in [2.45, 2.75) is 44.7 Å². The highest BCUT2D eigenvalue weighted by Gasteiger charge is 2.25. The molecule has 29 heavy (non-hydrogen) atoms. The normalized spacial score (nSPS) is 14.9. The highest BCUT2D eigenvalue weighted by Crippen LogP contribution is 2.32. The number of halogens is 2. The monoisotopic (exact) mass is 428 g/mol. The molecule has 0 amide bonds. The van der Waals surface area contributed by atoms with Crippen molar-refractivity contribution in [3.05, 3.63) is 58.1 Å². The van der Waals surface area contributed by atoms with Gasteiger partial charge < -0.3 is 9.80 Å². The smallest absolute Gasteiger partial charge is 0.228 e. The van der Waals surface area contributed by atoms with E-state index >= 15 is 0 Å².